The Hall–Kier alpha value is -3.09. The van der Waals surface area contributed by atoms with E-state index in [-0.39, 0.29) is 30.9 Å². The third kappa shape index (κ3) is 4.89. The molecule has 6 atom stereocenters. The Morgan fingerprint density at radius 1 is 1.20 bits per heavy atom. The van der Waals surface area contributed by atoms with E-state index in [1.165, 1.54) is 11.8 Å². The van der Waals surface area contributed by atoms with E-state index in [0.717, 1.165) is 11.1 Å². The van der Waals surface area contributed by atoms with E-state index < -0.39 is 43.5 Å². The molecule has 1 saturated heterocycles. The highest BCUT2D eigenvalue weighted by molar-refractivity contribution is 6.71. The Morgan fingerprint density at radius 3 is 2.51 bits per heavy atom. The van der Waals surface area contributed by atoms with E-state index in [9.17, 15) is 29.4 Å². The van der Waals surface area contributed by atoms with Gasteiger partial charge < -0.3 is 34.9 Å². The Bertz CT molecular complexity index is 1380. The highest BCUT2D eigenvalue weighted by Crippen LogP contribution is 2.59. The van der Waals surface area contributed by atoms with E-state index in [4.69, 9.17) is 4.74 Å². The van der Waals surface area contributed by atoms with Crippen molar-refractivity contribution >= 4 is 37.4 Å². The van der Waals surface area contributed by atoms with Gasteiger partial charge in [-0.1, -0.05) is 31.2 Å². The lowest BCUT2D eigenvalue weighted by Crippen LogP contribution is -2.48. The molecule has 3 aliphatic heterocycles. The number of aliphatic hydroxyl groups is 2. The zero-order chi connectivity index (χ0) is 29.9. The first kappa shape index (κ1) is 29.4. The van der Waals surface area contributed by atoms with Crippen molar-refractivity contribution in [3.63, 3.8) is 0 Å². The molecule has 0 aliphatic carbocycles. The topological polar surface area (TPSA) is 140 Å². The number of hydrogen-bond donors (Lipinski definition) is 4. The second kappa shape index (κ2) is 10.6. The molecule has 2 aromatic rings. The van der Waals surface area contributed by atoms with Crippen molar-refractivity contribution in [3.05, 3.63) is 59.2 Å². The maximum atomic E-state index is 14.0. The number of fused-ring (bicyclic) bond motifs is 3. The molecule has 10 nitrogen and oxygen atoms in total. The molecule has 4 N–H and O–H groups in total. The average molecular weight is 582 g/mol. The fraction of sp³-hybridized carbons (Fsp3) is 0.500. The van der Waals surface area contributed by atoms with Crippen LogP contribution in [-0.4, -0.2) is 77.9 Å². The number of aliphatic hydroxyl groups excluding tert-OH is 2. The third-order valence-corrected chi connectivity index (χ3v) is 11.5. The maximum absolute atomic E-state index is 14.0. The zero-order valence-electron chi connectivity index (χ0n) is 24.1. The summed E-state index contributed by atoms with van der Waals surface area (Å²) in [4.78, 5) is 54.7. The third-order valence-electron chi connectivity index (χ3n) is 9.02. The summed E-state index contributed by atoms with van der Waals surface area (Å²) >= 11 is 0. The quantitative estimate of drug-likeness (QED) is 0.383. The SMILES string of the molecule is C[C@H](O)C(=O)Nc1ccc2c(c1)[C@@]1(O[C@H](CC(=O)N3Cc4ccccc4C[C@H]3CO)[C@@H]([Si](C)(C)O)[C@@H]1C)C(=O)N2C. The number of ether oxygens (including phenoxy) is 1. The number of carbonyl (C=O) groups excluding carboxylic acids is 3. The molecule has 41 heavy (non-hydrogen) atoms. The number of nitrogens with zero attached hydrogens (tertiary/aromatic N) is 2. The van der Waals surface area contributed by atoms with Crippen LogP contribution in [0, 0.1) is 5.92 Å². The fourth-order valence-corrected chi connectivity index (χ4v) is 9.59. The summed E-state index contributed by atoms with van der Waals surface area (Å²) in [7, 11) is -1.33. The summed E-state index contributed by atoms with van der Waals surface area (Å²) < 4.78 is 6.69. The van der Waals surface area contributed by atoms with Crippen LogP contribution >= 0.6 is 0 Å². The van der Waals surface area contributed by atoms with Crippen LogP contribution in [0.4, 0.5) is 11.4 Å². The minimum atomic E-state index is -2.99. The normalized spacial score (nSPS) is 28.0. The number of benzene rings is 2. The van der Waals surface area contributed by atoms with Crippen LogP contribution in [-0.2, 0) is 37.7 Å². The molecule has 1 spiro atoms. The summed E-state index contributed by atoms with van der Waals surface area (Å²) in [5.74, 6) is -1.55. The van der Waals surface area contributed by atoms with Crippen LogP contribution in [0.3, 0.4) is 0 Å². The summed E-state index contributed by atoms with van der Waals surface area (Å²) in [6.45, 7) is 7.04. The molecule has 0 radical (unpaired) electrons. The molecule has 3 aliphatic rings. The molecule has 3 heterocycles. The highest BCUT2D eigenvalue weighted by Gasteiger charge is 2.66. The second-order valence-corrected chi connectivity index (χ2v) is 16.1. The van der Waals surface area contributed by atoms with Crippen LogP contribution in [0.25, 0.3) is 0 Å². The van der Waals surface area contributed by atoms with Gasteiger partial charge in [-0.25, -0.2) is 0 Å². The lowest BCUT2D eigenvalue weighted by molar-refractivity contribution is -0.150. The van der Waals surface area contributed by atoms with Gasteiger partial charge in [-0.05, 0) is 55.8 Å². The molecule has 11 heteroatoms. The van der Waals surface area contributed by atoms with Crippen LogP contribution in [0.1, 0.15) is 37.0 Å². The Morgan fingerprint density at radius 2 is 1.88 bits per heavy atom. The van der Waals surface area contributed by atoms with Crippen molar-refractivity contribution in [2.75, 3.05) is 23.9 Å². The van der Waals surface area contributed by atoms with Crippen molar-refractivity contribution < 1.29 is 34.1 Å². The molecule has 3 amide bonds. The molecular formula is C30H39N3O7Si. The van der Waals surface area contributed by atoms with Crippen LogP contribution in [0.2, 0.25) is 18.6 Å². The van der Waals surface area contributed by atoms with E-state index in [1.807, 2.05) is 31.2 Å². The maximum Gasteiger partial charge on any atom is 0.264 e. The Labute approximate surface area is 241 Å². The number of nitrogens with one attached hydrogen (secondary N) is 1. The smallest absolute Gasteiger partial charge is 0.264 e. The predicted octanol–water partition coefficient (Wildman–Crippen LogP) is 2.12. The summed E-state index contributed by atoms with van der Waals surface area (Å²) in [6.07, 6.45) is -1.45. The highest BCUT2D eigenvalue weighted by atomic mass is 28.4. The monoisotopic (exact) mass is 581 g/mol. The van der Waals surface area contributed by atoms with E-state index >= 15 is 0 Å². The first-order valence-corrected chi connectivity index (χ1v) is 17.1. The Kier molecular flexibility index (Phi) is 7.62. The van der Waals surface area contributed by atoms with Gasteiger partial charge in [-0.15, -0.1) is 0 Å². The van der Waals surface area contributed by atoms with Gasteiger partial charge in [-0.2, -0.15) is 0 Å². The van der Waals surface area contributed by atoms with Gasteiger partial charge in [0.05, 0.1) is 30.9 Å². The van der Waals surface area contributed by atoms with Gasteiger partial charge in [0.2, 0.25) is 5.91 Å². The van der Waals surface area contributed by atoms with Gasteiger partial charge in [0.15, 0.2) is 13.9 Å². The van der Waals surface area contributed by atoms with Crippen molar-refractivity contribution in [2.24, 2.45) is 5.92 Å². The van der Waals surface area contributed by atoms with Gasteiger partial charge in [0.1, 0.15) is 6.10 Å². The molecular weight excluding hydrogens is 542 g/mol. The molecule has 0 aromatic heterocycles. The molecule has 0 bridgehead atoms. The van der Waals surface area contributed by atoms with Crippen molar-refractivity contribution in [3.8, 4) is 0 Å². The predicted molar refractivity (Wildman–Crippen MR) is 156 cm³/mol. The van der Waals surface area contributed by atoms with Gasteiger partial charge >= 0.3 is 0 Å². The number of anilines is 2. The van der Waals surface area contributed by atoms with Gasteiger partial charge in [0.25, 0.3) is 11.8 Å². The number of carbonyl (C=O) groups is 3. The number of hydrogen-bond acceptors (Lipinski definition) is 7. The molecule has 0 unspecified atom stereocenters. The van der Waals surface area contributed by atoms with Crippen molar-refractivity contribution in [2.45, 2.75) is 75.7 Å². The first-order chi connectivity index (χ1) is 19.3. The molecule has 0 saturated carbocycles. The van der Waals surface area contributed by atoms with E-state index in [1.54, 1.807) is 43.2 Å². The first-order valence-electron chi connectivity index (χ1n) is 14.1. The van der Waals surface area contributed by atoms with E-state index in [0.29, 0.717) is 29.9 Å². The summed E-state index contributed by atoms with van der Waals surface area (Å²) in [5.41, 5.74) is 1.81. The summed E-state index contributed by atoms with van der Waals surface area (Å²) in [5, 5.41) is 22.5. The Balaban J connectivity index is 1.50. The summed E-state index contributed by atoms with van der Waals surface area (Å²) in [6, 6.07) is 12.6. The average Bonchev–Trinajstić information content (AvgIpc) is 3.33. The van der Waals surface area contributed by atoms with Crippen LogP contribution in [0.15, 0.2) is 42.5 Å². The molecule has 5 rings (SSSR count). The van der Waals surface area contributed by atoms with Crippen molar-refractivity contribution in [1.82, 2.24) is 4.90 Å². The zero-order valence-corrected chi connectivity index (χ0v) is 25.1. The number of amides is 3. The fourth-order valence-electron chi connectivity index (χ4n) is 7.04. The molecule has 1 fully saturated rings. The minimum absolute atomic E-state index is 0.0444. The largest absolute Gasteiger partial charge is 0.432 e. The number of likely N-dealkylation sites (N-methyl/N-ethyl adjacent to an activating group) is 1. The minimum Gasteiger partial charge on any atom is -0.432 e. The van der Waals surface area contributed by atoms with E-state index in [2.05, 4.69) is 5.32 Å². The second-order valence-electron chi connectivity index (χ2n) is 12.2. The molecule has 2 aromatic carbocycles. The van der Waals surface area contributed by atoms with Crippen LogP contribution < -0.4 is 10.2 Å². The van der Waals surface area contributed by atoms with Gasteiger partial charge in [0, 0.05) is 36.3 Å². The number of rotatable bonds is 6. The molecule has 220 valence electrons. The lowest BCUT2D eigenvalue weighted by Gasteiger charge is -2.37. The van der Waals surface area contributed by atoms with Crippen molar-refractivity contribution in [1.29, 1.82) is 0 Å². The lowest BCUT2D eigenvalue weighted by atomic mass is 9.82. The van der Waals surface area contributed by atoms with Crippen LogP contribution in [0.5, 0.6) is 0 Å². The standard InChI is InChI=1S/C30H39N3O7Si/c1-17-27(41(4,5)39)25(14-26(36)33-15-20-9-7-6-8-19(20)12-22(33)16-34)40-30(17)23-13-21(31-28(37)18(2)35)10-11-24(23)32(3)29(30)38/h6-11,13,17-18,22,25,27,34-35,39H,12,14-16H2,1-5H3,(H,31,37)/t17-,18-,22-,25+,27-,30+/m0/s1. The van der Waals surface area contributed by atoms with Gasteiger partial charge in [-0.3, -0.25) is 14.4 Å².